The molecule has 2 unspecified atom stereocenters. The van der Waals surface area contributed by atoms with Crippen LogP contribution < -0.4 is 0 Å². The van der Waals surface area contributed by atoms with Gasteiger partial charge in [0.15, 0.2) is 0 Å². The molecule has 0 amide bonds. The molecule has 2 fully saturated rings. The van der Waals surface area contributed by atoms with Gasteiger partial charge in [-0.15, -0.1) is 0 Å². The second-order valence-electron chi connectivity index (χ2n) is 4.71. The molecule has 2 rings (SSSR count). The third-order valence-electron chi connectivity index (χ3n) is 3.40. The summed E-state index contributed by atoms with van der Waals surface area (Å²) in [6.45, 7) is 4.43. The smallest absolute Gasteiger partial charge is 0.333 e. The second kappa shape index (κ2) is 3.34. The van der Waals surface area contributed by atoms with E-state index in [0.717, 1.165) is 0 Å². The fourth-order valence-corrected chi connectivity index (χ4v) is 2.66. The number of ether oxygens (including phenoxy) is 1. The van der Waals surface area contributed by atoms with E-state index in [0.29, 0.717) is 18.6 Å². The van der Waals surface area contributed by atoms with Crippen molar-refractivity contribution in [3.63, 3.8) is 0 Å². The average Bonchev–Trinajstić information content (AvgIpc) is 2.47. The first-order valence-electron chi connectivity index (χ1n) is 5.01. The number of hydrogen-bond acceptors (Lipinski definition) is 3. The molecule has 1 aliphatic heterocycles. The zero-order valence-corrected chi connectivity index (χ0v) is 9.50. The molecular weight excluding hydrogens is 216 g/mol. The minimum Gasteiger partial charge on any atom is -0.462 e. The first-order chi connectivity index (χ1) is 6.94. The molecule has 1 saturated heterocycles. The Bertz CT molecular complexity index is 357. The Balaban J connectivity index is 2.15. The lowest BCUT2D eigenvalue weighted by Gasteiger charge is -1.97. The number of esters is 1. The van der Waals surface area contributed by atoms with Crippen molar-refractivity contribution < 1.29 is 14.3 Å². The van der Waals surface area contributed by atoms with Gasteiger partial charge in [-0.2, -0.15) is 0 Å². The summed E-state index contributed by atoms with van der Waals surface area (Å²) in [6, 6.07) is 0. The van der Waals surface area contributed by atoms with Crippen LogP contribution >= 0.6 is 11.6 Å². The Labute approximate surface area is 93.4 Å². The van der Waals surface area contributed by atoms with Crippen LogP contribution in [0.2, 0.25) is 0 Å². The molecule has 82 valence electrons. The molecule has 3 nitrogen and oxygen atoms in total. The molecule has 0 aromatic heterocycles. The van der Waals surface area contributed by atoms with Crippen LogP contribution in [0.1, 0.15) is 20.3 Å². The highest BCUT2D eigenvalue weighted by Gasteiger charge is 2.60. The van der Waals surface area contributed by atoms with Gasteiger partial charge in [0, 0.05) is 17.9 Å². The Hall–Kier alpha value is -0.830. The van der Waals surface area contributed by atoms with Crippen LogP contribution in [0.4, 0.5) is 0 Å². The van der Waals surface area contributed by atoms with Crippen molar-refractivity contribution in [3.8, 4) is 0 Å². The largest absolute Gasteiger partial charge is 0.462 e. The van der Waals surface area contributed by atoms with Gasteiger partial charge in [-0.1, -0.05) is 19.9 Å². The Kier molecular flexibility index (Phi) is 2.38. The molecule has 1 aliphatic carbocycles. The predicted molar refractivity (Wildman–Crippen MR) is 55.3 cm³/mol. The first-order valence-corrected chi connectivity index (χ1v) is 5.39. The topological polar surface area (TPSA) is 43.4 Å². The number of hydrogen-bond donors (Lipinski definition) is 0. The zero-order valence-electron chi connectivity index (χ0n) is 8.75. The van der Waals surface area contributed by atoms with Crippen LogP contribution in [-0.4, -0.2) is 17.8 Å². The van der Waals surface area contributed by atoms with Crippen molar-refractivity contribution in [1.29, 1.82) is 0 Å². The highest BCUT2D eigenvalue weighted by Crippen LogP contribution is 2.60. The predicted octanol–water partition coefficient (Wildman–Crippen LogP) is 1.90. The number of allylic oxidation sites excluding steroid dienone is 1. The van der Waals surface area contributed by atoms with E-state index in [1.165, 1.54) is 0 Å². The number of halogens is 1. The van der Waals surface area contributed by atoms with Gasteiger partial charge in [-0.3, -0.25) is 4.79 Å². The SMILES string of the molecule is CC1(C)C(C=C2CCOC2=O)C1C(=O)Cl. The molecule has 0 radical (unpaired) electrons. The number of rotatable bonds is 2. The maximum absolute atomic E-state index is 11.2. The fraction of sp³-hybridized carbons (Fsp3) is 0.636. The monoisotopic (exact) mass is 228 g/mol. The van der Waals surface area contributed by atoms with Crippen LogP contribution in [0.15, 0.2) is 11.6 Å². The van der Waals surface area contributed by atoms with Crippen LogP contribution in [0.5, 0.6) is 0 Å². The minimum absolute atomic E-state index is 0.0862. The van der Waals surface area contributed by atoms with Gasteiger partial charge in [0.25, 0.3) is 0 Å². The van der Waals surface area contributed by atoms with Gasteiger partial charge in [0.1, 0.15) is 0 Å². The highest BCUT2D eigenvalue weighted by atomic mass is 35.5. The van der Waals surface area contributed by atoms with E-state index >= 15 is 0 Å². The Morgan fingerprint density at radius 1 is 1.60 bits per heavy atom. The molecule has 1 saturated carbocycles. The van der Waals surface area contributed by atoms with Crippen molar-refractivity contribution >= 4 is 22.8 Å². The molecule has 15 heavy (non-hydrogen) atoms. The summed E-state index contributed by atoms with van der Waals surface area (Å²) in [7, 11) is 0. The van der Waals surface area contributed by atoms with E-state index < -0.39 is 0 Å². The second-order valence-corrected chi connectivity index (χ2v) is 5.08. The van der Waals surface area contributed by atoms with Crippen LogP contribution in [0.25, 0.3) is 0 Å². The summed E-state index contributed by atoms with van der Waals surface area (Å²) in [5.74, 6) is -0.318. The van der Waals surface area contributed by atoms with Crippen molar-refractivity contribution in [2.75, 3.05) is 6.61 Å². The molecule has 0 bridgehead atoms. The quantitative estimate of drug-likeness (QED) is 0.412. The zero-order chi connectivity index (χ0) is 11.2. The molecule has 4 heteroatoms. The Morgan fingerprint density at radius 2 is 2.27 bits per heavy atom. The standard InChI is InChI=1S/C11H13ClO3/c1-11(2)7(8(11)9(12)13)5-6-3-4-15-10(6)14/h5,7-8H,3-4H2,1-2H3. The van der Waals surface area contributed by atoms with Crippen LogP contribution in [-0.2, 0) is 14.3 Å². The first kappa shape index (κ1) is 10.7. The van der Waals surface area contributed by atoms with Crippen LogP contribution in [0, 0.1) is 17.3 Å². The number of carbonyl (C=O) groups excluding carboxylic acids is 2. The molecule has 0 spiro atoms. The van der Waals surface area contributed by atoms with E-state index in [4.69, 9.17) is 16.3 Å². The van der Waals surface area contributed by atoms with E-state index in [1.54, 1.807) is 0 Å². The highest BCUT2D eigenvalue weighted by molar-refractivity contribution is 6.64. The number of cyclic esters (lactones) is 1. The summed E-state index contributed by atoms with van der Waals surface area (Å²) in [5.41, 5.74) is 0.572. The number of carbonyl (C=O) groups is 2. The lowest BCUT2D eigenvalue weighted by Crippen LogP contribution is -1.96. The third kappa shape index (κ3) is 1.69. The lowest BCUT2D eigenvalue weighted by molar-refractivity contribution is -0.135. The summed E-state index contributed by atoms with van der Waals surface area (Å²) < 4.78 is 4.83. The summed E-state index contributed by atoms with van der Waals surface area (Å²) in [4.78, 5) is 22.3. The van der Waals surface area contributed by atoms with Crippen molar-refractivity contribution in [2.24, 2.45) is 17.3 Å². The van der Waals surface area contributed by atoms with Gasteiger partial charge < -0.3 is 4.74 Å². The normalized spacial score (nSPS) is 35.4. The Morgan fingerprint density at radius 3 is 2.67 bits per heavy atom. The van der Waals surface area contributed by atoms with Crippen molar-refractivity contribution in [1.82, 2.24) is 0 Å². The van der Waals surface area contributed by atoms with Gasteiger partial charge in [-0.05, 0) is 22.9 Å². The molecule has 0 aromatic rings. The summed E-state index contributed by atoms with van der Waals surface area (Å²) >= 11 is 5.49. The molecule has 1 heterocycles. The average molecular weight is 229 g/mol. The molecule has 2 atom stereocenters. The molecule has 0 aromatic carbocycles. The van der Waals surface area contributed by atoms with Gasteiger partial charge in [-0.25, -0.2) is 4.79 Å². The van der Waals surface area contributed by atoms with Gasteiger partial charge in [0.05, 0.1) is 6.61 Å². The summed E-state index contributed by atoms with van der Waals surface area (Å²) in [5, 5.41) is -0.312. The lowest BCUT2D eigenvalue weighted by atomic mass is 10.1. The fourth-order valence-electron chi connectivity index (χ4n) is 2.24. The summed E-state index contributed by atoms with van der Waals surface area (Å²) in [6.07, 6.45) is 2.51. The van der Waals surface area contributed by atoms with E-state index in [1.807, 2.05) is 19.9 Å². The van der Waals surface area contributed by atoms with Crippen molar-refractivity contribution in [3.05, 3.63) is 11.6 Å². The minimum atomic E-state index is -0.312. The maximum atomic E-state index is 11.2. The molecule has 0 N–H and O–H groups in total. The third-order valence-corrected chi connectivity index (χ3v) is 3.64. The van der Waals surface area contributed by atoms with Crippen LogP contribution in [0.3, 0.4) is 0 Å². The maximum Gasteiger partial charge on any atom is 0.333 e. The van der Waals surface area contributed by atoms with Gasteiger partial charge in [0.2, 0.25) is 5.24 Å². The molecular formula is C11H13ClO3. The van der Waals surface area contributed by atoms with Crippen molar-refractivity contribution in [2.45, 2.75) is 20.3 Å². The van der Waals surface area contributed by atoms with E-state index in [2.05, 4.69) is 0 Å². The van der Waals surface area contributed by atoms with E-state index in [9.17, 15) is 9.59 Å². The molecule has 2 aliphatic rings. The van der Waals surface area contributed by atoms with Gasteiger partial charge >= 0.3 is 5.97 Å². The van der Waals surface area contributed by atoms with E-state index in [-0.39, 0.29) is 28.5 Å².